The number of carbonyl (C=O) groups excluding carboxylic acids is 2. The molecule has 0 aliphatic rings. The molecule has 3 rings (SSSR count). The van der Waals surface area contributed by atoms with Gasteiger partial charge in [-0.1, -0.05) is 43.2 Å². The minimum atomic E-state index is -4.15. The number of nitrogens with one attached hydrogen (secondary N) is 1. The van der Waals surface area contributed by atoms with Crippen molar-refractivity contribution in [1.29, 1.82) is 0 Å². The molecule has 0 aliphatic heterocycles. The Balaban J connectivity index is 2.01. The molecule has 1 N–H and O–H groups in total. The van der Waals surface area contributed by atoms with E-state index in [1.807, 2.05) is 26.8 Å². The lowest BCUT2D eigenvalue weighted by Crippen LogP contribution is -2.51. The Labute approximate surface area is 249 Å². The SMILES string of the molecule is CCCCNC(=O)[C@H](C)N(Cc1cccc(OC)c1)C(=O)CN(c1ccc(OCC)cc1)S(=O)(=O)c1ccc(C)cc1. The fourth-order valence-electron chi connectivity index (χ4n) is 4.33. The number of amides is 2. The summed E-state index contributed by atoms with van der Waals surface area (Å²) in [6, 6.07) is 19.4. The van der Waals surface area contributed by atoms with Crippen LogP contribution in [0.2, 0.25) is 0 Å². The lowest BCUT2D eigenvalue weighted by molar-refractivity contribution is -0.139. The molecule has 226 valence electrons. The molecule has 3 aromatic rings. The minimum Gasteiger partial charge on any atom is -0.497 e. The van der Waals surface area contributed by atoms with Crippen LogP contribution >= 0.6 is 0 Å². The summed E-state index contributed by atoms with van der Waals surface area (Å²) < 4.78 is 39.9. The molecule has 0 fully saturated rings. The predicted molar refractivity (Wildman–Crippen MR) is 164 cm³/mol. The van der Waals surface area contributed by atoms with Crippen molar-refractivity contribution in [3.8, 4) is 11.5 Å². The van der Waals surface area contributed by atoms with Crippen LogP contribution in [0.15, 0.2) is 77.7 Å². The van der Waals surface area contributed by atoms with E-state index in [4.69, 9.17) is 9.47 Å². The van der Waals surface area contributed by atoms with Gasteiger partial charge >= 0.3 is 0 Å². The van der Waals surface area contributed by atoms with Crippen molar-refractivity contribution in [2.24, 2.45) is 0 Å². The van der Waals surface area contributed by atoms with Gasteiger partial charge in [0.15, 0.2) is 0 Å². The van der Waals surface area contributed by atoms with E-state index >= 15 is 0 Å². The molecular formula is C32H41N3O6S. The third-order valence-corrected chi connectivity index (χ3v) is 8.60. The number of ether oxygens (including phenoxy) is 2. The molecule has 42 heavy (non-hydrogen) atoms. The molecule has 10 heteroatoms. The van der Waals surface area contributed by atoms with Crippen molar-refractivity contribution < 1.29 is 27.5 Å². The summed E-state index contributed by atoms with van der Waals surface area (Å²) in [4.78, 5) is 28.6. The van der Waals surface area contributed by atoms with Crippen molar-refractivity contribution in [2.45, 2.75) is 58.0 Å². The number of benzene rings is 3. The number of nitrogens with zero attached hydrogens (tertiary/aromatic N) is 2. The van der Waals surface area contributed by atoms with Crippen molar-refractivity contribution in [1.82, 2.24) is 10.2 Å². The van der Waals surface area contributed by atoms with Gasteiger partial charge in [0.25, 0.3) is 10.0 Å². The van der Waals surface area contributed by atoms with Crippen LogP contribution in [0.25, 0.3) is 0 Å². The van der Waals surface area contributed by atoms with E-state index in [9.17, 15) is 18.0 Å². The monoisotopic (exact) mass is 595 g/mol. The van der Waals surface area contributed by atoms with Crippen LogP contribution in [0.1, 0.15) is 44.7 Å². The maximum absolute atomic E-state index is 14.0. The van der Waals surface area contributed by atoms with E-state index in [0.29, 0.717) is 30.3 Å². The van der Waals surface area contributed by atoms with Gasteiger partial charge in [0.05, 0.1) is 24.3 Å². The number of anilines is 1. The first kappa shape index (κ1) is 32.5. The Bertz CT molecular complexity index is 1430. The number of sulfonamides is 1. The zero-order chi connectivity index (χ0) is 30.7. The average Bonchev–Trinajstić information content (AvgIpc) is 2.99. The second-order valence-electron chi connectivity index (χ2n) is 9.95. The van der Waals surface area contributed by atoms with Crippen molar-refractivity contribution in [2.75, 3.05) is 31.1 Å². The normalized spacial score (nSPS) is 11.8. The highest BCUT2D eigenvalue weighted by Crippen LogP contribution is 2.27. The minimum absolute atomic E-state index is 0.0551. The van der Waals surface area contributed by atoms with Crippen LogP contribution in [0.5, 0.6) is 11.5 Å². The molecule has 0 spiro atoms. The highest BCUT2D eigenvalue weighted by molar-refractivity contribution is 7.92. The van der Waals surface area contributed by atoms with Gasteiger partial charge in [0, 0.05) is 13.1 Å². The van der Waals surface area contributed by atoms with Gasteiger partial charge in [0.2, 0.25) is 11.8 Å². The molecule has 3 aromatic carbocycles. The second-order valence-corrected chi connectivity index (χ2v) is 11.8. The standard InChI is InChI=1S/C32H41N3O6S/c1-6-8-20-33-32(37)25(4)34(22-26-10-9-11-29(21-26)40-5)31(36)23-35(27-14-16-28(17-15-27)41-7-2)42(38,39)30-18-12-24(3)13-19-30/h9-19,21,25H,6-8,20,22-23H2,1-5H3,(H,33,37)/t25-/m0/s1. The first-order chi connectivity index (χ1) is 20.1. The highest BCUT2D eigenvalue weighted by atomic mass is 32.2. The van der Waals surface area contributed by atoms with E-state index in [2.05, 4.69) is 5.32 Å². The molecule has 0 aliphatic carbocycles. The van der Waals surface area contributed by atoms with Crippen LogP contribution in [0.4, 0.5) is 5.69 Å². The fourth-order valence-corrected chi connectivity index (χ4v) is 5.74. The van der Waals surface area contributed by atoms with Crippen molar-refractivity contribution in [3.63, 3.8) is 0 Å². The number of methoxy groups -OCH3 is 1. The molecule has 0 saturated heterocycles. The first-order valence-corrected chi connectivity index (χ1v) is 15.6. The molecular weight excluding hydrogens is 554 g/mol. The molecule has 1 atom stereocenters. The summed E-state index contributed by atoms with van der Waals surface area (Å²) in [7, 11) is -2.60. The van der Waals surface area contributed by atoms with E-state index in [1.165, 1.54) is 17.0 Å². The second kappa shape index (κ2) is 15.3. The van der Waals surface area contributed by atoms with Gasteiger partial charge < -0.3 is 19.7 Å². The number of unbranched alkanes of at least 4 members (excludes halogenated alkanes) is 1. The third kappa shape index (κ3) is 8.48. The molecule has 0 saturated carbocycles. The number of hydrogen-bond acceptors (Lipinski definition) is 6. The summed E-state index contributed by atoms with van der Waals surface area (Å²) in [6.07, 6.45) is 1.72. The van der Waals surface area contributed by atoms with Crippen LogP contribution in [-0.2, 0) is 26.2 Å². The topological polar surface area (TPSA) is 105 Å². The Hall–Kier alpha value is -4.05. The van der Waals surface area contributed by atoms with Crippen LogP contribution in [0.3, 0.4) is 0 Å². The van der Waals surface area contributed by atoms with Crippen molar-refractivity contribution in [3.05, 3.63) is 83.9 Å². The molecule has 0 bridgehead atoms. The number of carbonyl (C=O) groups is 2. The van der Waals surface area contributed by atoms with E-state index in [-0.39, 0.29) is 17.3 Å². The van der Waals surface area contributed by atoms with E-state index in [1.54, 1.807) is 68.6 Å². The van der Waals surface area contributed by atoms with Gasteiger partial charge in [-0.2, -0.15) is 0 Å². The number of rotatable bonds is 15. The average molecular weight is 596 g/mol. The Morgan fingerprint density at radius 2 is 1.64 bits per heavy atom. The Kier molecular flexibility index (Phi) is 11.8. The maximum atomic E-state index is 14.0. The quantitative estimate of drug-likeness (QED) is 0.250. The van der Waals surface area contributed by atoms with Crippen molar-refractivity contribution >= 4 is 27.5 Å². The smallest absolute Gasteiger partial charge is 0.264 e. The largest absolute Gasteiger partial charge is 0.497 e. The predicted octanol–water partition coefficient (Wildman–Crippen LogP) is 4.93. The molecule has 0 unspecified atom stereocenters. The zero-order valence-corrected chi connectivity index (χ0v) is 25.8. The lowest BCUT2D eigenvalue weighted by Gasteiger charge is -2.32. The van der Waals surface area contributed by atoms with Gasteiger partial charge in [-0.25, -0.2) is 8.42 Å². The number of hydrogen-bond donors (Lipinski definition) is 1. The molecule has 0 aromatic heterocycles. The first-order valence-electron chi connectivity index (χ1n) is 14.1. The van der Waals surface area contributed by atoms with Gasteiger partial charge in [-0.3, -0.25) is 13.9 Å². The fraction of sp³-hybridized carbons (Fsp3) is 0.375. The highest BCUT2D eigenvalue weighted by Gasteiger charge is 2.32. The van der Waals surface area contributed by atoms with Crippen LogP contribution in [-0.4, -0.2) is 58.0 Å². The molecule has 2 amide bonds. The summed E-state index contributed by atoms with van der Waals surface area (Å²) >= 11 is 0. The molecule has 9 nitrogen and oxygen atoms in total. The Morgan fingerprint density at radius 3 is 2.26 bits per heavy atom. The van der Waals surface area contributed by atoms with Gasteiger partial charge in [-0.05, 0) is 81.3 Å². The lowest BCUT2D eigenvalue weighted by atomic mass is 10.1. The van der Waals surface area contributed by atoms with Crippen LogP contribution < -0.4 is 19.1 Å². The van der Waals surface area contributed by atoms with Gasteiger partial charge in [-0.15, -0.1) is 0 Å². The van der Waals surface area contributed by atoms with E-state index in [0.717, 1.165) is 28.3 Å². The van der Waals surface area contributed by atoms with E-state index < -0.39 is 28.5 Å². The summed E-state index contributed by atoms with van der Waals surface area (Å²) in [6.45, 7) is 7.92. The zero-order valence-electron chi connectivity index (χ0n) is 25.0. The summed E-state index contributed by atoms with van der Waals surface area (Å²) in [5.74, 6) is 0.351. The summed E-state index contributed by atoms with van der Waals surface area (Å²) in [5.41, 5.74) is 1.95. The maximum Gasteiger partial charge on any atom is 0.264 e. The summed E-state index contributed by atoms with van der Waals surface area (Å²) in [5, 5.41) is 2.89. The number of aryl methyl sites for hydroxylation is 1. The molecule has 0 radical (unpaired) electrons. The van der Waals surface area contributed by atoms with Gasteiger partial charge in [0.1, 0.15) is 24.1 Å². The Morgan fingerprint density at radius 1 is 0.952 bits per heavy atom. The molecule has 0 heterocycles. The third-order valence-electron chi connectivity index (χ3n) is 6.81. The van der Waals surface area contributed by atoms with Crippen LogP contribution in [0, 0.1) is 6.92 Å².